The molecule has 0 saturated carbocycles. The van der Waals surface area contributed by atoms with Crippen LogP contribution in [-0.4, -0.2) is 24.0 Å². The van der Waals surface area contributed by atoms with Crippen molar-refractivity contribution in [1.29, 1.82) is 0 Å². The lowest BCUT2D eigenvalue weighted by atomic mass is 10.3. The Balaban J connectivity index is 4.92. The minimum absolute atomic E-state index is 0.293. The van der Waals surface area contributed by atoms with E-state index in [9.17, 15) is 14.4 Å². The van der Waals surface area contributed by atoms with Crippen molar-refractivity contribution in [3.63, 3.8) is 0 Å². The molecule has 0 amide bonds. The van der Waals surface area contributed by atoms with Crippen LogP contribution in [0.1, 0.15) is 20.8 Å². The lowest BCUT2D eigenvalue weighted by molar-refractivity contribution is -0.164. The minimum atomic E-state index is -1.31. The molecule has 0 aromatic heterocycles. The predicted octanol–water partition coefficient (Wildman–Crippen LogP) is 2.18. The lowest BCUT2D eigenvalue weighted by Gasteiger charge is -2.14. The SMILES string of the molecule is C=CC(=O)OC(OC(=O)C(C=C)OC(=O)C=CC)=C(C)C. The zero-order valence-electron chi connectivity index (χ0n) is 12.3. The highest BCUT2D eigenvalue weighted by molar-refractivity contribution is 5.87. The van der Waals surface area contributed by atoms with E-state index in [1.165, 1.54) is 6.08 Å². The molecule has 0 N–H and O–H groups in total. The highest BCUT2D eigenvalue weighted by atomic mass is 16.7. The summed E-state index contributed by atoms with van der Waals surface area (Å²) in [4.78, 5) is 34.3. The molecule has 1 atom stereocenters. The Morgan fingerprint density at radius 3 is 2.10 bits per heavy atom. The van der Waals surface area contributed by atoms with E-state index >= 15 is 0 Å². The average Bonchev–Trinajstić information content (AvgIpc) is 2.43. The summed E-state index contributed by atoms with van der Waals surface area (Å²) in [7, 11) is 0. The fourth-order valence-electron chi connectivity index (χ4n) is 1.00. The number of carbonyl (C=O) groups excluding carboxylic acids is 3. The van der Waals surface area contributed by atoms with Gasteiger partial charge < -0.3 is 14.2 Å². The molecule has 1 unspecified atom stereocenters. The Bertz CT molecular complexity index is 494. The smallest absolute Gasteiger partial charge is 0.359 e. The summed E-state index contributed by atoms with van der Waals surface area (Å²) >= 11 is 0. The molecule has 0 fully saturated rings. The van der Waals surface area contributed by atoms with Gasteiger partial charge in [-0.3, -0.25) is 0 Å². The number of ether oxygens (including phenoxy) is 3. The van der Waals surface area contributed by atoms with Crippen molar-refractivity contribution in [3.05, 3.63) is 49.0 Å². The van der Waals surface area contributed by atoms with Gasteiger partial charge in [0, 0.05) is 17.7 Å². The molecular weight excluding hydrogens is 276 g/mol. The largest absolute Gasteiger partial charge is 0.443 e. The van der Waals surface area contributed by atoms with Crippen LogP contribution in [0.5, 0.6) is 0 Å². The van der Waals surface area contributed by atoms with Crippen LogP contribution >= 0.6 is 0 Å². The predicted molar refractivity (Wildman–Crippen MR) is 75.6 cm³/mol. The van der Waals surface area contributed by atoms with Crippen LogP contribution in [-0.2, 0) is 28.6 Å². The van der Waals surface area contributed by atoms with Gasteiger partial charge in [0.2, 0.25) is 6.10 Å². The Hall–Kier alpha value is -2.63. The molecule has 0 bridgehead atoms. The summed E-state index contributed by atoms with van der Waals surface area (Å²) in [5.41, 5.74) is 0.446. The van der Waals surface area contributed by atoms with Crippen molar-refractivity contribution < 1.29 is 28.6 Å². The monoisotopic (exact) mass is 294 g/mol. The van der Waals surface area contributed by atoms with E-state index in [2.05, 4.69) is 13.2 Å². The van der Waals surface area contributed by atoms with Gasteiger partial charge in [0.15, 0.2) is 0 Å². The third-order valence-electron chi connectivity index (χ3n) is 1.95. The van der Waals surface area contributed by atoms with Crippen molar-refractivity contribution >= 4 is 17.9 Å². The Kier molecular flexibility index (Phi) is 8.14. The summed E-state index contributed by atoms with van der Waals surface area (Å²) in [6.07, 6.45) is 3.31. The van der Waals surface area contributed by atoms with E-state index in [0.29, 0.717) is 5.57 Å². The number of hydrogen-bond donors (Lipinski definition) is 0. The van der Waals surface area contributed by atoms with Crippen LogP contribution in [0.25, 0.3) is 0 Å². The van der Waals surface area contributed by atoms with E-state index in [1.54, 1.807) is 20.8 Å². The lowest BCUT2D eigenvalue weighted by Crippen LogP contribution is -2.27. The molecule has 0 aliphatic heterocycles. The molecule has 6 nitrogen and oxygen atoms in total. The highest BCUT2D eigenvalue weighted by Crippen LogP contribution is 2.11. The Labute approximate surface area is 123 Å². The molecular formula is C15H18O6. The minimum Gasteiger partial charge on any atom is -0.443 e. The van der Waals surface area contributed by atoms with Crippen LogP contribution in [0, 0.1) is 0 Å². The van der Waals surface area contributed by atoms with Crippen LogP contribution in [0.2, 0.25) is 0 Å². The van der Waals surface area contributed by atoms with Crippen LogP contribution < -0.4 is 0 Å². The molecule has 0 saturated heterocycles. The Morgan fingerprint density at radius 2 is 1.67 bits per heavy atom. The van der Waals surface area contributed by atoms with Crippen molar-refractivity contribution in [3.8, 4) is 0 Å². The zero-order chi connectivity index (χ0) is 16.4. The first-order chi connectivity index (χ1) is 9.85. The normalized spacial score (nSPS) is 11.2. The number of allylic oxidation sites excluding steroid dienone is 2. The molecule has 0 aliphatic rings. The van der Waals surface area contributed by atoms with E-state index < -0.39 is 24.0 Å². The maximum atomic E-state index is 11.9. The van der Waals surface area contributed by atoms with Crippen molar-refractivity contribution in [2.24, 2.45) is 0 Å². The quantitative estimate of drug-likeness (QED) is 0.310. The standard InChI is InChI=1S/C15H18O6/c1-6-9-13(17)19-11(7-2)14(18)21-15(10(4)5)20-12(16)8-3/h6-9,11H,2-3H2,1,4-5H3. The van der Waals surface area contributed by atoms with E-state index in [1.807, 2.05) is 0 Å². The second-order valence-electron chi connectivity index (χ2n) is 3.93. The highest BCUT2D eigenvalue weighted by Gasteiger charge is 2.23. The van der Waals surface area contributed by atoms with Crippen LogP contribution in [0.4, 0.5) is 0 Å². The van der Waals surface area contributed by atoms with Gasteiger partial charge in [-0.05, 0) is 26.8 Å². The van der Waals surface area contributed by atoms with Gasteiger partial charge in [-0.25, -0.2) is 14.4 Å². The van der Waals surface area contributed by atoms with Crippen LogP contribution in [0.3, 0.4) is 0 Å². The molecule has 0 radical (unpaired) electrons. The molecule has 114 valence electrons. The van der Waals surface area contributed by atoms with E-state index in [0.717, 1.165) is 18.2 Å². The summed E-state index contributed by atoms with van der Waals surface area (Å²) in [5.74, 6) is -2.73. The fraction of sp³-hybridized carbons (Fsp3) is 0.267. The first kappa shape index (κ1) is 18.4. The summed E-state index contributed by atoms with van der Waals surface area (Å²) in [6.45, 7) is 11.4. The van der Waals surface area contributed by atoms with Crippen molar-refractivity contribution in [2.45, 2.75) is 26.9 Å². The zero-order valence-corrected chi connectivity index (χ0v) is 12.3. The second-order valence-corrected chi connectivity index (χ2v) is 3.93. The molecule has 0 aromatic rings. The number of carbonyl (C=O) groups is 3. The van der Waals surface area contributed by atoms with Gasteiger partial charge in [0.05, 0.1) is 0 Å². The van der Waals surface area contributed by atoms with Gasteiger partial charge >= 0.3 is 17.9 Å². The van der Waals surface area contributed by atoms with Crippen molar-refractivity contribution in [2.75, 3.05) is 0 Å². The Morgan fingerprint density at radius 1 is 1.05 bits per heavy atom. The first-order valence-corrected chi connectivity index (χ1v) is 6.05. The van der Waals surface area contributed by atoms with Gasteiger partial charge in [-0.15, -0.1) is 0 Å². The van der Waals surface area contributed by atoms with Gasteiger partial charge in [0.25, 0.3) is 5.95 Å². The summed E-state index contributed by atoms with van der Waals surface area (Å²) in [5, 5.41) is 0. The topological polar surface area (TPSA) is 78.9 Å². The second kappa shape index (κ2) is 9.30. The first-order valence-electron chi connectivity index (χ1n) is 6.05. The summed E-state index contributed by atoms with van der Waals surface area (Å²) < 4.78 is 14.5. The molecule has 0 aliphatic carbocycles. The molecule has 6 heteroatoms. The average molecular weight is 294 g/mol. The molecule has 0 aromatic carbocycles. The number of rotatable bonds is 7. The van der Waals surface area contributed by atoms with Crippen molar-refractivity contribution in [1.82, 2.24) is 0 Å². The maximum Gasteiger partial charge on any atom is 0.359 e. The van der Waals surface area contributed by atoms with Gasteiger partial charge in [-0.1, -0.05) is 19.2 Å². The molecule has 0 heterocycles. The van der Waals surface area contributed by atoms with Crippen LogP contribution in [0.15, 0.2) is 49.0 Å². The number of esters is 3. The maximum absolute atomic E-state index is 11.9. The third kappa shape index (κ3) is 6.91. The summed E-state index contributed by atoms with van der Waals surface area (Å²) in [6, 6.07) is 0. The number of hydrogen-bond acceptors (Lipinski definition) is 6. The van der Waals surface area contributed by atoms with E-state index in [4.69, 9.17) is 14.2 Å². The molecule has 21 heavy (non-hydrogen) atoms. The molecule has 0 spiro atoms. The van der Waals surface area contributed by atoms with E-state index in [-0.39, 0.29) is 5.95 Å². The van der Waals surface area contributed by atoms with Gasteiger partial charge in [0.1, 0.15) is 0 Å². The molecule has 0 rings (SSSR count). The fourth-order valence-corrected chi connectivity index (χ4v) is 1.00. The van der Waals surface area contributed by atoms with Gasteiger partial charge in [-0.2, -0.15) is 0 Å². The third-order valence-corrected chi connectivity index (χ3v) is 1.95.